The van der Waals surface area contributed by atoms with Crippen LogP contribution in [0.3, 0.4) is 0 Å². The lowest BCUT2D eigenvalue weighted by molar-refractivity contribution is -0.139. The molecule has 2 saturated heterocycles. The van der Waals surface area contributed by atoms with E-state index < -0.39 is 0 Å². The number of hydrogen-bond donors (Lipinski definition) is 2. The molecular weight excluding hydrogens is 230 g/mol. The summed E-state index contributed by atoms with van der Waals surface area (Å²) in [4.78, 5) is 25.8. The largest absolute Gasteiger partial charge is 0.354 e. The van der Waals surface area contributed by atoms with Crippen LogP contribution in [0, 0.1) is 11.8 Å². The van der Waals surface area contributed by atoms with Gasteiger partial charge in [0.25, 0.3) is 0 Å². The van der Waals surface area contributed by atoms with Crippen molar-refractivity contribution in [2.45, 2.75) is 32.7 Å². The molecule has 18 heavy (non-hydrogen) atoms. The molecule has 2 fully saturated rings. The van der Waals surface area contributed by atoms with E-state index in [1.54, 1.807) is 4.90 Å². The fourth-order valence-corrected chi connectivity index (χ4v) is 2.61. The Bertz CT molecular complexity index is 326. The molecule has 1 unspecified atom stereocenters. The molecule has 2 amide bonds. The van der Waals surface area contributed by atoms with Crippen LogP contribution in [0.4, 0.5) is 0 Å². The molecule has 0 aromatic rings. The van der Waals surface area contributed by atoms with Crippen molar-refractivity contribution >= 4 is 11.8 Å². The van der Waals surface area contributed by atoms with E-state index in [0.717, 1.165) is 32.6 Å². The first kappa shape index (κ1) is 13.3. The Hall–Kier alpha value is -1.10. The Kier molecular flexibility index (Phi) is 4.22. The molecule has 0 aromatic heterocycles. The number of hydrogen-bond acceptors (Lipinski definition) is 3. The number of carbonyl (C=O) groups excluding carboxylic acids is 2. The van der Waals surface area contributed by atoms with Crippen LogP contribution in [-0.4, -0.2) is 48.9 Å². The molecule has 5 nitrogen and oxygen atoms in total. The maximum atomic E-state index is 12.2. The van der Waals surface area contributed by atoms with Crippen molar-refractivity contribution in [2.75, 3.05) is 26.2 Å². The van der Waals surface area contributed by atoms with Crippen molar-refractivity contribution in [2.24, 2.45) is 11.8 Å². The summed E-state index contributed by atoms with van der Waals surface area (Å²) in [6.07, 6.45) is 1.46. The summed E-state index contributed by atoms with van der Waals surface area (Å²) >= 11 is 0. The molecule has 0 radical (unpaired) electrons. The third kappa shape index (κ3) is 2.83. The second-order valence-electron chi connectivity index (χ2n) is 5.65. The Morgan fingerprint density at radius 3 is 2.67 bits per heavy atom. The van der Waals surface area contributed by atoms with Gasteiger partial charge < -0.3 is 15.5 Å². The summed E-state index contributed by atoms with van der Waals surface area (Å²) < 4.78 is 0. The van der Waals surface area contributed by atoms with E-state index >= 15 is 0 Å². The summed E-state index contributed by atoms with van der Waals surface area (Å²) in [5, 5.41) is 6.17. The highest BCUT2D eigenvalue weighted by Gasteiger charge is 2.35. The zero-order valence-corrected chi connectivity index (χ0v) is 11.2. The van der Waals surface area contributed by atoms with Gasteiger partial charge in [-0.05, 0) is 12.3 Å². The predicted octanol–water partition coefficient (Wildman–Crippen LogP) is -0.0310. The van der Waals surface area contributed by atoms with Gasteiger partial charge in [0.05, 0.1) is 0 Å². The summed E-state index contributed by atoms with van der Waals surface area (Å²) in [5.74, 6) is 0.837. The standard InChI is InChI=1S/C13H23N3O2/c1-9(2)12(16-5-3-4-11(16)17)13(18)15-8-10-6-14-7-10/h9-10,12,14H,3-8H2,1-2H3,(H,15,18). The van der Waals surface area contributed by atoms with E-state index in [1.807, 2.05) is 13.8 Å². The van der Waals surface area contributed by atoms with Gasteiger partial charge in [-0.25, -0.2) is 0 Å². The van der Waals surface area contributed by atoms with E-state index in [0.29, 0.717) is 12.3 Å². The average molecular weight is 253 g/mol. The van der Waals surface area contributed by atoms with E-state index in [4.69, 9.17) is 0 Å². The maximum absolute atomic E-state index is 12.2. The molecule has 2 rings (SSSR count). The van der Waals surface area contributed by atoms with E-state index in [-0.39, 0.29) is 23.8 Å². The summed E-state index contributed by atoms with van der Waals surface area (Å²) in [5.41, 5.74) is 0. The first-order valence-corrected chi connectivity index (χ1v) is 6.87. The Morgan fingerprint density at radius 1 is 1.50 bits per heavy atom. The average Bonchev–Trinajstić information content (AvgIpc) is 2.62. The van der Waals surface area contributed by atoms with Crippen molar-refractivity contribution in [3.05, 3.63) is 0 Å². The first-order valence-electron chi connectivity index (χ1n) is 6.87. The zero-order chi connectivity index (χ0) is 13.1. The molecule has 0 spiro atoms. The van der Waals surface area contributed by atoms with Gasteiger partial charge in [-0.3, -0.25) is 9.59 Å². The topological polar surface area (TPSA) is 61.4 Å². The molecule has 5 heteroatoms. The predicted molar refractivity (Wildman–Crippen MR) is 68.9 cm³/mol. The second-order valence-corrected chi connectivity index (χ2v) is 5.65. The van der Waals surface area contributed by atoms with Crippen LogP contribution in [0.2, 0.25) is 0 Å². The highest BCUT2D eigenvalue weighted by Crippen LogP contribution is 2.19. The lowest BCUT2D eigenvalue weighted by Gasteiger charge is -2.32. The van der Waals surface area contributed by atoms with Crippen LogP contribution in [0.1, 0.15) is 26.7 Å². The molecule has 102 valence electrons. The lowest BCUT2D eigenvalue weighted by atomic mass is 10.00. The highest BCUT2D eigenvalue weighted by atomic mass is 16.2. The molecule has 2 heterocycles. The monoisotopic (exact) mass is 253 g/mol. The fraction of sp³-hybridized carbons (Fsp3) is 0.846. The number of carbonyl (C=O) groups is 2. The van der Waals surface area contributed by atoms with Gasteiger partial charge in [-0.2, -0.15) is 0 Å². The Morgan fingerprint density at radius 2 is 2.22 bits per heavy atom. The van der Waals surface area contributed by atoms with Crippen LogP contribution in [0.25, 0.3) is 0 Å². The van der Waals surface area contributed by atoms with E-state index in [2.05, 4.69) is 10.6 Å². The van der Waals surface area contributed by atoms with E-state index in [1.165, 1.54) is 0 Å². The number of amides is 2. The minimum absolute atomic E-state index is 0.00662. The van der Waals surface area contributed by atoms with Crippen molar-refractivity contribution in [1.29, 1.82) is 0 Å². The van der Waals surface area contributed by atoms with Crippen molar-refractivity contribution < 1.29 is 9.59 Å². The van der Waals surface area contributed by atoms with Crippen molar-refractivity contribution in [3.8, 4) is 0 Å². The molecule has 0 aromatic carbocycles. The van der Waals surface area contributed by atoms with Gasteiger partial charge in [0.15, 0.2) is 0 Å². The SMILES string of the molecule is CC(C)C(C(=O)NCC1CNC1)N1CCCC1=O. The zero-order valence-electron chi connectivity index (χ0n) is 11.2. The van der Waals surface area contributed by atoms with Gasteiger partial charge in [0.2, 0.25) is 11.8 Å². The molecule has 1 atom stereocenters. The van der Waals surface area contributed by atoms with Crippen LogP contribution in [-0.2, 0) is 9.59 Å². The van der Waals surface area contributed by atoms with Gasteiger partial charge in [0.1, 0.15) is 6.04 Å². The van der Waals surface area contributed by atoms with Crippen molar-refractivity contribution in [3.63, 3.8) is 0 Å². The molecule has 0 aliphatic carbocycles. The van der Waals surface area contributed by atoms with Gasteiger partial charge in [-0.15, -0.1) is 0 Å². The minimum atomic E-state index is -0.298. The summed E-state index contributed by atoms with van der Waals surface area (Å²) in [6, 6.07) is -0.298. The number of likely N-dealkylation sites (tertiary alicyclic amines) is 1. The second kappa shape index (κ2) is 5.69. The third-order valence-electron chi connectivity index (χ3n) is 3.78. The summed E-state index contributed by atoms with van der Waals surface area (Å²) in [6.45, 7) is 7.41. The Balaban J connectivity index is 1.91. The van der Waals surface area contributed by atoms with Crippen molar-refractivity contribution in [1.82, 2.24) is 15.5 Å². The first-order chi connectivity index (χ1) is 8.59. The third-order valence-corrected chi connectivity index (χ3v) is 3.78. The van der Waals surface area contributed by atoms with Crippen LogP contribution in [0.15, 0.2) is 0 Å². The van der Waals surface area contributed by atoms with Gasteiger partial charge in [-0.1, -0.05) is 13.8 Å². The van der Waals surface area contributed by atoms with Gasteiger partial charge >= 0.3 is 0 Å². The maximum Gasteiger partial charge on any atom is 0.243 e. The van der Waals surface area contributed by atoms with Crippen LogP contribution >= 0.6 is 0 Å². The smallest absolute Gasteiger partial charge is 0.243 e. The molecule has 0 saturated carbocycles. The molecular formula is C13H23N3O2. The number of rotatable bonds is 5. The van der Waals surface area contributed by atoms with Gasteiger partial charge in [0, 0.05) is 38.5 Å². The molecule has 2 aliphatic rings. The quantitative estimate of drug-likeness (QED) is 0.723. The Labute approximate surface area is 108 Å². The molecule has 2 N–H and O–H groups in total. The van der Waals surface area contributed by atoms with E-state index in [9.17, 15) is 9.59 Å². The highest BCUT2D eigenvalue weighted by molar-refractivity contribution is 5.88. The van der Waals surface area contributed by atoms with Crippen LogP contribution < -0.4 is 10.6 Å². The normalized spacial score (nSPS) is 22.2. The molecule has 2 aliphatic heterocycles. The molecule has 0 bridgehead atoms. The van der Waals surface area contributed by atoms with Crippen LogP contribution in [0.5, 0.6) is 0 Å². The number of nitrogens with one attached hydrogen (secondary N) is 2. The lowest BCUT2D eigenvalue weighted by Crippen LogP contribution is -2.54. The number of nitrogens with zero attached hydrogens (tertiary/aromatic N) is 1. The minimum Gasteiger partial charge on any atom is -0.354 e. The fourth-order valence-electron chi connectivity index (χ4n) is 2.61. The summed E-state index contributed by atoms with van der Waals surface area (Å²) in [7, 11) is 0.